The fourth-order valence-corrected chi connectivity index (χ4v) is 2.31. The van der Waals surface area contributed by atoms with E-state index in [2.05, 4.69) is 16.5 Å². The van der Waals surface area contributed by atoms with Crippen molar-refractivity contribution < 1.29 is 0 Å². The molecular formula is C17H16ClN3. The van der Waals surface area contributed by atoms with Gasteiger partial charge in [0, 0.05) is 29.6 Å². The Kier molecular flexibility index (Phi) is 3.93. The number of nitrogens with one attached hydrogen (secondary N) is 1. The summed E-state index contributed by atoms with van der Waals surface area (Å²) >= 11 is 6.14. The molecule has 0 bridgehead atoms. The van der Waals surface area contributed by atoms with E-state index in [1.807, 2.05) is 60.3 Å². The standard InChI is InChI=1S/C17H16ClN3/c1-13-3-4-14(11-17(13)18)12-19-15-5-7-16(8-6-15)21-10-2-9-20-21/h2-11,19H,12H2,1H3. The molecule has 1 N–H and O–H groups in total. The van der Waals surface area contributed by atoms with Gasteiger partial charge < -0.3 is 5.32 Å². The molecule has 3 rings (SSSR count). The van der Waals surface area contributed by atoms with Crippen molar-refractivity contribution in [1.29, 1.82) is 0 Å². The van der Waals surface area contributed by atoms with E-state index >= 15 is 0 Å². The van der Waals surface area contributed by atoms with Crippen molar-refractivity contribution >= 4 is 17.3 Å². The summed E-state index contributed by atoms with van der Waals surface area (Å²) in [6, 6.07) is 16.2. The summed E-state index contributed by atoms with van der Waals surface area (Å²) in [4.78, 5) is 0. The third kappa shape index (κ3) is 3.26. The molecule has 3 nitrogen and oxygen atoms in total. The molecule has 3 aromatic rings. The lowest BCUT2D eigenvalue weighted by Gasteiger charge is -2.09. The third-order valence-corrected chi connectivity index (χ3v) is 3.78. The smallest absolute Gasteiger partial charge is 0.0647 e. The first-order valence-electron chi connectivity index (χ1n) is 6.81. The highest BCUT2D eigenvalue weighted by Gasteiger charge is 2.00. The summed E-state index contributed by atoms with van der Waals surface area (Å²) in [5.74, 6) is 0. The van der Waals surface area contributed by atoms with E-state index in [0.717, 1.165) is 28.5 Å². The lowest BCUT2D eigenvalue weighted by atomic mass is 10.1. The van der Waals surface area contributed by atoms with Crippen molar-refractivity contribution in [1.82, 2.24) is 9.78 Å². The van der Waals surface area contributed by atoms with Crippen LogP contribution in [0.3, 0.4) is 0 Å². The van der Waals surface area contributed by atoms with Crippen LogP contribution >= 0.6 is 11.6 Å². The number of halogens is 1. The van der Waals surface area contributed by atoms with Gasteiger partial charge in [-0.05, 0) is 54.4 Å². The van der Waals surface area contributed by atoms with Crippen molar-refractivity contribution in [3.8, 4) is 5.69 Å². The summed E-state index contributed by atoms with van der Waals surface area (Å²) in [7, 11) is 0. The summed E-state index contributed by atoms with van der Waals surface area (Å²) in [5, 5.41) is 8.41. The quantitative estimate of drug-likeness (QED) is 0.771. The third-order valence-electron chi connectivity index (χ3n) is 3.37. The summed E-state index contributed by atoms with van der Waals surface area (Å²) < 4.78 is 1.84. The fraction of sp³-hybridized carbons (Fsp3) is 0.118. The maximum atomic E-state index is 6.14. The van der Waals surface area contributed by atoms with Gasteiger partial charge in [0.2, 0.25) is 0 Å². The number of rotatable bonds is 4. The van der Waals surface area contributed by atoms with Crippen LogP contribution in [0.15, 0.2) is 60.9 Å². The second-order valence-electron chi connectivity index (χ2n) is 4.93. The van der Waals surface area contributed by atoms with Crippen LogP contribution in [0.4, 0.5) is 5.69 Å². The molecule has 0 aliphatic carbocycles. The minimum atomic E-state index is 0.751. The molecule has 0 radical (unpaired) electrons. The molecule has 0 aliphatic heterocycles. The van der Waals surface area contributed by atoms with E-state index < -0.39 is 0 Å². The predicted octanol–water partition coefficient (Wildman–Crippen LogP) is 4.45. The van der Waals surface area contributed by atoms with E-state index in [1.165, 1.54) is 5.56 Å². The van der Waals surface area contributed by atoms with Gasteiger partial charge in [0.1, 0.15) is 0 Å². The zero-order valence-electron chi connectivity index (χ0n) is 11.8. The lowest BCUT2D eigenvalue weighted by molar-refractivity contribution is 0.880. The molecule has 4 heteroatoms. The van der Waals surface area contributed by atoms with Crippen molar-refractivity contribution in [2.24, 2.45) is 0 Å². The van der Waals surface area contributed by atoms with Gasteiger partial charge in [-0.2, -0.15) is 5.10 Å². The van der Waals surface area contributed by atoms with Crippen molar-refractivity contribution in [3.05, 3.63) is 77.1 Å². The van der Waals surface area contributed by atoms with Crippen molar-refractivity contribution in [2.75, 3.05) is 5.32 Å². The maximum Gasteiger partial charge on any atom is 0.0647 e. The number of hydrogen-bond acceptors (Lipinski definition) is 2. The first-order chi connectivity index (χ1) is 10.2. The first-order valence-corrected chi connectivity index (χ1v) is 7.19. The zero-order valence-corrected chi connectivity index (χ0v) is 12.5. The lowest BCUT2D eigenvalue weighted by Crippen LogP contribution is -2.00. The molecule has 0 amide bonds. The summed E-state index contributed by atoms with van der Waals surface area (Å²) in [6.07, 6.45) is 3.70. The van der Waals surface area contributed by atoms with Crippen LogP contribution in [0, 0.1) is 6.92 Å². The Bertz CT molecular complexity index is 718. The second kappa shape index (κ2) is 6.02. The normalized spacial score (nSPS) is 10.6. The monoisotopic (exact) mass is 297 g/mol. The molecule has 106 valence electrons. The minimum Gasteiger partial charge on any atom is -0.381 e. The molecule has 1 heterocycles. The largest absolute Gasteiger partial charge is 0.381 e. The van der Waals surface area contributed by atoms with Crippen LogP contribution in [-0.4, -0.2) is 9.78 Å². The Balaban J connectivity index is 1.66. The molecule has 0 saturated heterocycles. The average Bonchev–Trinajstić information content (AvgIpc) is 3.03. The predicted molar refractivity (Wildman–Crippen MR) is 87.1 cm³/mol. The van der Waals surface area contributed by atoms with Crippen molar-refractivity contribution in [3.63, 3.8) is 0 Å². The summed E-state index contributed by atoms with van der Waals surface area (Å²) in [5.41, 5.74) is 4.39. The average molecular weight is 298 g/mol. The molecule has 0 spiro atoms. The molecule has 0 unspecified atom stereocenters. The van der Waals surface area contributed by atoms with E-state index in [-0.39, 0.29) is 0 Å². The second-order valence-corrected chi connectivity index (χ2v) is 5.34. The number of benzene rings is 2. The Hall–Kier alpha value is -2.26. The molecule has 0 saturated carbocycles. The van der Waals surface area contributed by atoms with Gasteiger partial charge in [0.05, 0.1) is 5.69 Å². The van der Waals surface area contributed by atoms with Gasteiger partial charge >= 0.3 is 0 Å². The van der Waals surface area contributed by atoms with Gasteiger partial charge in [-0.3, -0.25) is 0 Å². The summed E-state index contributed by atoms with van der Waals surface area (Å²) in [6.45, 7) is 2.76. The molecule has 0 fully saturated rings. The molecule has 1 aromatic heterocycles. The Morgan fingerprint density at radius 1 is 1.14 bits per heavy atom. The highest BCUT2D eigenvalue weighted by molar-refractivity contribution is 6.31. The van der Waals surface area contributed by atoms with Crippen LogP contribution in [0.2, 0.25) is 5.02 Å². The molecule has 0 atom stereocenters. The van der Waals surface area contributed by atoms with Crippen LogP contribution in [-0.2, 0) is 6.54 Å². The first kappa shape index (κ1) is 13.7. The Labute approximate surface area is 129 Å². The molecule has 21 heavy (non-hydrogen) atoms. The van der Waals surface area contributed by atoms with Gasteiger partial charge in [-0.25, -0.2) is 4.68 Å². The fourth-order valence-electron chi connectivity index (χ4n) is 2.10. The van der Waals surface area contributed by atoms with E-state index in [4.69, 9.17) is 11.6 Å². The number of hydrogen-bond donors (Lipinski definition) is 1. The van der Waals surface area contributed by atoms with Gasteiger partial charge in [-0.15, -0.1) is 0 Å². The maximum absolute atomic E-state index is 6.14. The zero-order chi connectivity index (χ0) is 14.7. The highest BCUT2D eigenvalue weighted by Crippen LogP contribution is 2.18. The highest BCUT2D eigenvalue weighted by atomic mass is 35.5. The van der Waals surface area contributed by atoms with E-state index in [1.54, 1.807) is 6.20 Å². The SMILES string of the molecule is Cc1ccc(CNc2ccc(-n3cccn3)cc2)cc1Cl. The Morgan fingerprint density at radius 3 is 2.62 bits per heavy atom. The molecule has 2 aromatic carbocycles. The number of anilines is 1. The number of nitrogens with zero attached hydrogens (tertiary/aromatic N) is 2. The Morgan fingerprint density at radius 2 is 1.95 bits per heavy atom. The number of aromatic nitrogens is 2. The minimum absolute atomic E-state index is 0.751. The number of aryl methyl sites for hydroxylation is 1. The molecular weight excluding hydrogens is 282 g/mol. The van der Waals surface area contributed by atoms with Gasteiger partial charge in [-0.1, -0.05) is 23.7 Å². The van der Waals surface area contributed by atoms with Crippen LogP contribution < -0.4 is 5.32 Å². The van der Waals surface area contributed by atoms with Crippen molar-refractivity contribution in [2.45, 2.75) is 13.5 Å². The van der Waals surface area contributed by atoms with Crippen LogP contribution in [0.1, 0.15) is 11.1 Å². The van der Waals surface area contributed by atoms with E-state index in [9.17, 15) is 0 Å². The topological polar surface area (TPSA) is 29.9 Å². The van der Waals surface area contributed by atoms with Crippen LogP contribution in [0.5, 0.6) is 0 Å². The van der Waals surface area contributed by atoms with Gasteiger partial charge in [0.15, 0.2) is 0 Å². The van der Waals surface area contributed by atoms with E-state index in [0.29, 0.717) is 0 Å². The van der Waals surface area contributed by atoms with Crippen LogP contribution in [0.25, 0.3) is 5.69 Å². The molecule has 0 aliphatic rings. The van der Waals surface area contributed by atoms with Gasteiger partial charge in [0.25, 0.3) is 0 Å².